The number of aromatic nitrogens is 2. The lowest BCUT2D eigenvalue weighted by Gasteiger charge is -2.11. The minimum atomic E-state index is -4.57. The van der Waals surface area contributed by atoms with E-state index < -0.39 is 23.3 Å². The highest BCUT2D eigenvalue weighted by molar-refractivity contribution is 5.92. The second kappa shape index (κ2) is 5.51. The van der Waals surface area contributed by atoms with Gasteiger partial charge in [-0.2, -0.15) is 23.0 Å². The van der Waals surface area contributed by atoms with Gasteiger partial charge in [-0.05, 0) is 18.2 Å². The fourth-order valence-corrected chi connectivity index (χ4v) is 1.72. The number of hydrogen-bond acceptors (Lipinski definition) is 5. The maximum Gasteiger partial charge on any atom is 0.416 e. The summed E-state index contributed by atoms with van der Waals surface area (Å²) in [5, 5.41) is 3.67. The first-order chi connectivity index (χ1) is 10.2. The first kappa shape index (κ1) is 15.5. The van der Waals surface area contributed by atoms with Crippen molar-refractivity contribution >= 4 is 11.7 Å². The molecule has 0 amide bonds. The van der Waals surface area contributed by atoms with Crippen molar-refractivity contribution in [3.05, 3.63) is 51.9 Å². The molecular weight excluding hydrogens is 303 g/mol. The predicted octanol–water partition coefficient (Wildman–Crippen LogP) is 1.62. The normalized spacial score (nSPS) is 11.3. The Hall–Kier alpha value is -2.84. The van der Waals surface area contributed by atoms with Crippen molar-refractivity contribution in [2.75, 3.05) is 12.8 Å². The third-order valence-electron chi connectivity index (χ3n) is 2.76. The van der Waals surface area contributed by atoms with E-state index in [-0.39, 0.29) is 17.1 Å². The van der Waals surface area contributed by atoms with Crippen LogP contribution in [0.4, 0.5) is 18.9 Å². The van der Waals surface area contributed by atoms with Gasteiger partial charge in [0.2, 0.25) is 0 Å². The maximum absolute atomic E-state index is 12.7. The van der Waals surface area contributed by atoms with Gasteiger partial charge in [0.1, 0.15) is 0 Å². The molecule has 116 valence electrons. The van der Waals surface area contributed by atoms with Gasteiger partial charge in [0.15, 0.2) is 5.69 Å². The Bertz CT molecular complexity index is 784. The smallest absolute Gasteiger partial charge is 0.416 e. The summed E-state index contributed by atoms with van der Waals surface area (Å²) in [6.07, 6.45) is -4.57. The van der Waals surface area contributed by atoms with Crippen molar-refractivity contribution in [2.24, 2.45) is 0 Å². The number of methoxy groups -OCH3 is 1. The number of nitrogens with two attached hydrogens (primary N) is 1. The lowest BCUT2D eigenvalue weighted by atomic mass is 10.2. The molecule has 6 nitrogen and oxygen atoms in total. The summed E-state index contributed by atoms with van der Waals surface area (Å²) in [6, 6.07) is 4.86. The van der Waals surface area contributed by atoms with E-state index in [1.807, 2.05) is 0 Å². The van der Waals surface area contributed by atoms with Crippen LogP contribution in [0.15, 0.2) is 35.1 Å². The molecule has 0 bridgehead atoms. The Labute approximate surface area is 121 Å². The van der Waals surface area contributed by atoms with Crippen LogP contribution in [0.2, 0.25) is 0 Å². The summed E-state index contributed by atoms with van der Waals surface area (Å²) >= 11 is 0. The second-order valence-corrected chi connectivity index (χ2v) is 4.24. The molecule has 1 aromatic carbocycles. The molecule has 1 heterocycles. The highest BCUT2D eigenvalue weighted by Gasteiger charge is 2.30. The van der Waals surface area contributed by atoms with E-state index >= 15 is 0 Å². The zero-order valence-electron chi connectivity index (χ0n) is 11.2. The summed E-state index contributed by atoms with van der Waals surface area (Å²) < 4.78 is 43.2. The molecular formula is C13H10F3N3O3. The summed E-state index contributed by atoms with van der Waals surface area (Å²) in [5.41, 5.74) is 3.03. The number of ether oxygens (including phenoxy) is 1. The molecule has 9 heteroatoms. The van der Waals surface area contributed by atoms with Crippen LogP contribution in [0.1, 0.15) is 16.1 Å². The topological polar surface area (TPSA) is 87.2 Å². The Kier molecular flexibility index (Phi) is 3.89. The molecule has 2 N–H and O–H groups in total. The minimum Gasteiger partial charge on any atom is -0.464 e. The molecule has 0 aliphatic heterocycles. The Morgan fingerprint density at radius 1 is 1.32 bits per heavy atom. The molecule has 2 rings (SSSR count). The molecule has 0 spiro atoms. The van der Waals surface area contributed by atoms with Crippen LogP contribution in [-0.4, -0.2) is 22.9 Å². The number of carbonyl (C=O) groups excluding carboxylic acids is 1. The average Bonchev–Trinajstić information content (AvgIpc) is 2.46. The second-order valence-electron chi connectivity index (χ2n) is 4.24. The largest absolute Gasteiger partial charge is 0.464 e. The lowest BCUT2D eigenvalue weighted by molar-refractivity contribution is -0.137. The van der Waals surface area contributed by atoms with Crippen LogP contribution in [0.5, 0.6) is 0 Å². The van der Waals surface area contributed by atoms with Gasteiger partial charge in [0.05, 0.1) is 24.0 Å². The molecule has 2 aromatic rings. The number of carbonyl (C=O) groups is 1. The molecule has 0 radical (unpaired) electrons. The van der Waals surface area contributed by atoms with E-state index in [1.165, 1.54) is 6.07 Å². The van der Waals surface area contributed by atoms with E-state index in [0.29, 0.717) is 4.68 Å². The Morgan fingerprint density at radius 3 is 2.59 bits per heavy atom. The van der Waals surface area contributed by atoms with Crippen LogP contribution in [0.25, 0.3) is 5.69 Å². The number of alkyl halides is 3. The van der Waals surface area contributed by atoms with Gasteiger partial charge in [-0.1, -0.05) is 6.07 Å². The molecule has 0 saturated heterocycles. The molecule has 22 heavy (non-hydrogen) atoms. The number of rotatable bonds is 2. The first-order valence-corrected chi connectivity index (χ1v) is 5.90. The predicted molar refractivity (Wildman–Crippen MR) is 70.6 cm³/mol. The minimum absolute atomic E-state index is 0.148. The number of benzene rings is 1. The lowest BCUT2D eigenvalue weighted by Crippen LogP contribution is -2.25. The van der Waals surface area contributed by atoms with Crippen LogP contribution in [0.3, 0.4) is 0 Å². The molecule has 0 unspecified atom stereocenters. The zero-order chi connectivity index (χ0) is 16.5. The van der Waals surface area contributed by atoms with E-state index in [0.717, 1.165) is 31.4 Å². The van der Waals surface area contributed by atoms with Crippen molar-refractivity contribution in [2.45, 2.75) is 6.18 Å². The monoisotopic (exact) mass is 313 g/mol. The van der Waals surface area contributed by atoms with Crippen LogP contribution >= 0.6 is 0 Å². The van der Waals surface area contributed by atoms with E-state index in [9.17, 15) is 22.8 Å². The van der Waals surface area contributed by atoms with E-state index in [4.69, 9.17) is 5.73 Å². The van der Waals surface area contributed by atoms with Gasteiger partial charge in [0, 0.05) is 6.07 Å². The van der Waals surface area contributed by atoms with Crippen LogP contribution < -0.4 is 11.3 Å². The number of halogens is 3. The average molecular weight is 313 g/mol. The third-order valence-corrected chi connectivity index (χ3v) is 2.76. The van der Waals surface area contributed by atoms with E-state index in [2.05, 4.69) is 9.84 Å². The number of nitrogens with zero attached hydrogens (tertiary/aromatic N) is 2. The molecule has 0 aliphatic carbocycles. The first-order valence-electron chi connectivity index (χ1n) is 5.90. The zero-order valence-corrected chi connectivity index (χ0v) is 11.2. The molecule has 0 fully saturated rings. The van der Waals surface area contributed by atoms with Gasteiger partial charge in [-0.3, -0.25) is 4.79 Å². The highest BCUT2D eigenvalue weighted by atomic mass is 19.4. The SMILES string of the molecule is COC(=O)c1nn(-c2cccc(C(F)(F)F)c2)c(=O)cc1N. The Balaban J connectivity index is 2.63. The van der Waals surface area contributed by atoms with Crippen molar-refractivity contribution in [1.82, 2.24) is 9.78 Å². The van der Waals surface area contributed by atoms with Crippen molar-refractivity contribution in [1.29, 1.82) is 0 Å². The fraction of sp³-hybridized carbons (Fsp3) is 0.154. The van der Waals surface area contributed by atoms with Crippen molar-refractivity contribution in [3.8, 4) is 5.69 Å². The molecule has 0 atom stereocenters. The third kappa shape index (κ3) is 2.92. The van der Waals surface area contributed by atoms with Gasteiger partial charge in [-0.25, -0.2) is 4.79 Å². The maximum atomic E-state index is 12.7. The number of nitrogen functional groups attached to an aromatic ring is 1. The van der Waals surface area contributed by atoms with Crippen molar-refractivity contribution < 1.29 is 22.7 Å². The molecule has 1 aromatic heterocycles. The summed E-state index contributed by atoms with van der Waals surface area (Å²) in [5.74, 6) is -0.904. The van der Waals surface area contributed by atoms with Crippen molar-refractivity contribution in [3.63, 3.8) is 0 Å². The van der Waals surface area contributed by atoms with Crippen LogP contribution in [0, 0.1) is 0 Å². The number of esters is 1. The number of hydrogen-bond donors (Lipinski definition) is 1. The highest BCUT2D eigenvalue weighted by Crippen LogP contribution is 2.30. The summed E-state index contributed by atoms with van der Waals surface area (Å²) in [6.45, 7) is 0. The fourth-order valence-electron chi connectivity index (χ4n) is 1.72. The summed E-state index contributed by atoms with van der Waals surface area (Å²) in [4.78, 5) is 23.3. The number of anilines is 1. The van der Waals surface area contributed by atoms with E-state index in [1.54, 1.807) is 0 Å². The van der Waals surface area contributed by atoms with Gasteiger partial charge >= 0.3 is 12.1 Å². The quantitative estimate of drug-likeness (QED) is 0.851. The van der Waals surface area contributed by atoms with Gasteiger partial charge < -0.3 is 10.5 Å². The summed E-state index contributed by atoms with van der Waals surface area (Å²) in [7, 11) is 1.09. The molecule has 0 aliphatic rings. The Morgan fingerprint density at radius 2 is 2.00 bits per heavy atom. The van der Waals surface area contributed by atoms with Gasteiger partial charge in [-0.15, -0.1) is 0 Å². The standard InChI is InChI=1S/C13H10F3N3O3/c1-22-12(21)11-9(17)6-10(20)19(18-11)8-4-2-3-7(5-8)13(14,15)16/h2-6H,17H2,1H3. The molecule has 0 saturated carbocycles. The van der Waals surface area contributed by atoms with Crippen LogP contribution in [-0.2, 0) is 10.9 Å². The van der Waals surface area contributed by atoms with Gasteiger partial charge in [0.25, 0.3) is 5.56 Å².